The maximum absolute atomic E-state index is 12.4. The highest BCUT2D eigenvalue weighted by molar-refractivity contribution is 7.19. The van der Waals surface area contributed by atoms with Gasteiger partial charge in [0.1, 0.15) is 15.0 Å². The topological polar surface area (TPSA) is 70.2 Å². The first-order valence-corrected chi connectivity index (χ1v) is 12.4. The van der Waals surface area contributed by atoms with Crippen LogP contribution >= 0.6 is 46.1 Å². The SMILES string of the molecule is CN(C)c1nc(NC2CCC(CNC(=O)c3sc(Cl)c(Cl)c3Cl)CC2)nc2ccccc12. The predicted molar refractivity (Wildman–Crippen MR) is 135 cm³/mol. The van der Waals surface area contributed by atoms with Crippen LogP contribution in [0.3, 0.4) is 0 Å². The van der Waals surface area contributed by atoms with Crippen LogP contribution in [-0.2, 0) is 0 Å². The van der Waals surface area contributed by atoms with Crippen LogP contribution in [0.2, 0.25) is 14.4 Å². The van der Waals surface area contributed by atoms with Gasteiger partial charge in [-0.05, 0) is 43.7 Å². The minimum absolute atomic E-state index is 0.222. The number of hydrogen-bond acceptors (Lipinski definition) is 6. The van der Waals surface area contributed by atoms with Gasteiger partial charge >= 0.3 is 0 Å². The van der Waals surface area contributed by atoms with Crippen molar-refractivity contribution in [1.82, 2.24) is 15.3 Å². The Balaban J connectivity index is 1.32. The molecular weight excluding hydrogens is 489 g/mol. The molecule has 170 valence electrons. The molecule has 1 aliphatic rings. The second kappa shape index (κ2) is 10.00. The quantitative estimate of drug-likeness (QED) is 0.416. The first-order chi connectivity index (χ1) is 15.3. The van der Waals surface area contributed by atoms with Crippen molar-refractivity contribution in [2.75, 3.05) is 30.9 Å². The minimum atomic E-state index is -0.227. The number of nitrogens with zero attached hydrogens (tertiary/aromatic N) is 3. The van der Waals surface area contributed by atoms with E-state index in [0.717, 1.165) is 53.7 Å². The van der Waals surface area contributed by atoms with E-state index in [0.29, 0.717) is 33.7 Å². The van der Waals surface area contributed by atoms with Gasteiger partial charge in [0.15, 0.2) is 0 Å². The Hall–Kier alpha value is -1.80. The van der Waals surface area contributed by atoms with E-state index in [1.807, 2.05) is 43.3 Å². The highest BCUT2D eigenvalue weighted by Crippen LogP contribution is 2.40. The third-order valence-electron chi connectivity index (χ3n) is 5.70. The van der Waals surface area contributed by atoms with Crippen LogP contribution in [-0.4, -0.2) is 42.6 Å². The molecule has 6 nitrogen and oxygen atoms in total. The van der Waals surface area contributed by atoms with Crippen molar-refractivity contribution in [2.45, 2.75) is 31.7 Å². The van der Waals surface area contributed by atoms with Gasteiger partial charge in [0, 0.05) is 32.1 Å². The van der Waals surface area contributed by atoms with E-state index in [-0.39, 0.29) is 16.0 Å². The first-order valence-electron chi connectivity index (χ1n) is 10.5. The zero-order chi connectivity index (χ0) is 22.8. The van der Waals surface area contributed by atoms with Crippen LogP contribution in [0.5, 0.6) is 0 Å². The maximum Gasteiger partial charge on any atom is 0.263 e. The van der Waals surface area contributed by atoms with Crippen molar-refractivity contribution < 1.29 is 4.79 Å². The Morgan fingerprint density at radius 2 is 1.81 bits per heavy atom. The number of rotatable bonds is 6. The van der Waals surface area contributed by atoms with E-state index in [1.165, 1.54) is 0 Å². The van der Waals surface area contributed by atoms with Gasteiger partial charge in [0.25, 0.3) is 5.91 Å². The van der Waals surface area contributed by atoms with Crippen LogP contribution in [0.15, 0.2) is 24.3 Å². The zero-order valence-corrected chi connectivity index (χ0v) is 20.9. The molecule has 1 fully saturated rings. The molecule has 2 aromatic heterocycles. The molecule has 0 saturated heterocycles. The zero-order valence-electron chi connectivity index (χ0n) is 17.8. The number of carbonyl (C=O) groups excluding carboxylic acids is 1. The summed E-state index contributed by atoms with van der Waals surface area (Å²) in [5, 5.41) is 7.99. The summed E-state index contributed by atoms with van der Waals surface area (Å²) in [5.74, 6) is 1.75. The summed E-state index contributed by atoms with van der Waals surface area (Å²) in [4.78, 5) is 24.3. The van der Waals surface area contributed by atoms with Crippen LogP contribution in [0, 0.1) is 5.92 Å². The lowest BCUT2D eigenvalue weighted by Gasteiger charge is -2.29. The van der Waals surface area contributed by atoms with E-state index < -0.39 is 0 Å². The van der Waals surface area contributed by atoms with Crippen LogP contribution in [0.1, 0.15) is 35.4 Å². The van der Waals surface area contributed by atoms with E-state index in [2.05, 4.69) is 10.6 Å². The molecule has 32 heavy (non-hydrogen) atoms. The number of amides is 1. The van der Waals surface area contributed by atoms with Crippen molar-refractivity contribution in [3.63, 3.8) is 0 Å². The Labute approximate surface area is 206 Å². The largest absolute Gasteiger partial charge is 0.362 e. The van der Waals surface area contributed by atoms with Crippen LogP contribution in [0.4, 0.5) is 11.8 Å². The number of anilines is 2. The van der Waals surface area contributed by atoms with Crippen molar-refractivity contribution in [2.24, 2.45) is 5.92 Å². The second-order valence-corrected chi connectivity index (χ2v) is 10.6. The minimum Gasteiger partial charge on any atom is -0.362 e. The lowest BCUT2D eigenvalue weighted by Crippen LogP contribution is -2.34. The smallest absolute Gasteiger partial charge is 0.263 e. The average molecular weight is 513 g/mol. The van der Waals surface area contributed by atoms with Gasteiger partial charge in [0.2, 0.25) is 5.95 Å². The van der Waals surface area contributed by atoms with Crippen molar-refractivity contribution in [1.29, 1.82) is 0 Å². The van der Waals surface area contributed by atoms with Crippen LogP contribution < -0.4 is 15.5 Å². The molecule has 0 bridgehead atoms. The highest BCUT2D eigenvalue weighted by Gasteiger charge is 2.24. The van der Waals surface area contributed by atoms with E-state index in [1.54, 1.807) is 0 Å². The summed E-state index contributed by atoms with van der Waals surface area (Å²) in [7, 11) is 3.98. The number of thiophene rings is 1. The van der Waals surface area contributed by atoms with Gasteiger partial charge in [-0.25, -0.2) is 4.98 Å². The molecule has 1 saturated carbocycles. The van der Waals surface area contributed by atoms with Gasteiger partial charge in [0.05, 0.1) is 15.6 Å². The Kier molecular flexibility index (Phi) is 7.30. The van der Waals surface area contributed by atoms with Gasteiger partial charge < -0.3 is 15.5 Å². The molecule has 2 N–H and O–H groups in total. The molecular formula is C22H24Cl3N5OS. The van der Waals surface area contributed by atoms with Gasteiger partial charge in [-0.3, -0.25) is 4.79 Å². The second-order valence-electron chi connectivity index (χ2n) is 8.19. The molecule has 4 rings (SSSR count). The third-order valence-corrected chi connectivity index (χ3v) is 8.27. The fourth-order valence-corrected chi connectivity index (χ4v) is 5.71. The molecule has 10 heteroatoms. The summed E-state index contributed by atoms with van der Waals surface area (Å²) in [6.45, 7) is 0.603. The molecule has 0 atom stereocenters. The Bertz CT molecular complexity index is 1130. The summed E-state index contributed by atoms with van der Waals surface area (Å²) in [6, 6.07) is 8.35. The number of hydrogen-bond donors (Lipinski definition) is 2. The number of aromatic nitrogens is 2. The lowest BCUT2D eigenvalue weighted by atomic mass is 9.86. The molecule has 0 aliphatic heterocycles. The third kappa shape index (κ3) is 5.06. The molecule has 2 heterocycles. The molecule has 1 aromatic carbocycles. The number of nitrogens with one attached hydrogen (secondary N) is 2. The fourth-order valence-electron chi connectivity index (χ4n) is 3.99. The highest BCUT2D eigenvalue weighted by atomic mass is 35.5. The van der Waals surface area contributed by atoms with Gasteiger partial charge in [-0.1, -0.05) is 46.9 Å². The number of benzene rings is 1. The van der Waals surface area contributed by atoms with Crippen molar-refractivity contribution in [3.05, 3.63) is 43.5 Å². The molecule has 3 aromatic rings. The summed E-state index contributed by atoms with van der Waals surface area (Å²) < 4.78 is 0.335. The molecule has 0 radical (unpaired) electrons. The standard InChI is InChI=1S/C22H24Cl3N5OS/c1-30(2)20-14-5-3-4-6-15(14)28-22(29-20)27-13-9-7-12(8-10-13)11-26-21(31)18-16(23)17(24)19(25)32-18/h3-6,12-13H,7-11H2,1-2H3,(H,26,31)(H,27,28,29). The van der Waals surface area contributed by atoms with Crippen LogP contribution in [0.25, 0.3) is 10.9 Å². The van der Waals surface area contributed by atoms with Gasteiger partial charge in [-0.2, -0.15) is 4.98 Å². The monoisotopic (exact) mass is 511 g/mol. The first kappa shape index (κ1) is 23.4. The molecule has 1 aliphatic carbocycles. The predicted octanol–water partition coefficient (Wildman–Crippen LogP) is 6.12. The normalized spacial score (nSPS) is 18.5. The number of para-hydroxylation sites is 1. The van der Waals surface area contributed by atoms with Crippen molar-refractivity contribution >= 4 is 74.7 Å². The van der Waals surface area contributed by atoms with E-state index >= 15 is 0 Å². The summed E-state index contributed by atoms with van der Waals surface area (Å²) in [6.07, 6.45) is 3.99. The molecule has 0 unspecified atom stereocenters. The van der Waals surface area contributed by atoms with Gasteiger partial charge in [-0.15, -0.1) is 11.3 Å². The lowest BCUT2D eigenvalue weighted by molar-refractivity contribution is 0.0947. The average Bonchev–Trinajstić information content (AvgIpc) is 3.05. The van der Waals surface area contributed by atoms with E-state index in [9.17, 15) is 4.79 Å². The van der Waals surface area contributed by atoms with E-state index in [4.69, 9.17) is 44.8 Å². The number of carbonyl (C=O) groups is 1. The molecule has 0 spiro atoms. The number of halogens is 3. The Morgan fingerprint density at radius 1 is 1.09 bits per heavy atom. The summed E-state index contributed by atoms with van der Waals surface area (Å²) >= 11 is 19.2. The van der Waals surface area contributed by atoms with Crippen molar-refractivity contribution in [3.8, 4) is 0 Å². The number of fused-ring (bicyclic) bond motifs is 1. The Morgan fingerprint density at radius 3 is 2.47 bits per heavy atom. The summed E-state index contributed by atoms with van der Waals surface area (Å²) in [5.41, 5.74) is 0.928. The molecule has 1 amide bonds. The fraction of sp³-hybridized carbons (Fsp3) is 0.409. The maximum atomic E-state index is 12.4.